The van der Waals surface area contributed by atoms with Gasteiger partial charge in [0.05, 0.1) is 0 Å². The lowest BCUT2D eigenvalue weighted by atomic mass is 10.2. The smallest absolute Gasteiger partial charge is 0.248 e. The molecule has 1 heterocycles. The van der Waals surface area contributed by atoms with Gasteiger partial charge in [-0.2, -0.15) is 0 Å². The summed E-state index contributed by atoms with van der Waals surface area (Å²) in [5.74, 6) is -0.429. The Balaban J connectivity index is 2.87. The van der Waals surface area contributed by atoms with Crippen LogP contribution in [0, 0.1) is 0 Å². The van der Waals surface area contributed by atoms with E-state index >= 15 is 0 Å². The predicted molar refractivity (Wildman–Crippen MR) is 44.0 cm³/mol. The third-order valence-corrected chi connectivity index (χ3v) is 1.18. The van der Waals surface area contributed by atoms with Gasteiger partial charge in [0, 0.05) is 18.0 Å². The zero-order valence-corrected chi connectivity index (χ0v) is 5.90. The van der Waals surface area contributed by atoms with Gasteiger partial charge in [-0.15, -0.1) is 0 Å². The lowest BCUT2D eigenvalue weighted by Gasteiger charge is -1.92. The Morgan fingerprint density at radius 3 is 3.00 bits per heavy atom. The summed E-state index contributed by atoms with van der Waals surface area (Å²) < 4.78 is 0. The van der Waals surface area contributed by atoms with Crippen LogP contribution >= 0.6 is 0 Å². The Labute approximate surface area is 64.6 Å². The van der Waals surface area contributed by atoms with Gasteiger partial charge >= 0.3 is 0 Å². The first-order valence-electron chi connectivity index (χ1n) is 3.17. The molecule has 0 atom stereocenters. The summed E-state index contributed by atoms with van der Waals surface area (Å²) in [6.07, 6.45) is 9.75. The molecule has 0 aromatic carbocycles. The number of allylic oxidation sites excluding steroid dienone is 3. The van der Waals surface area contributed by atoms with Crippen LogP contribution in [0.25, 0.3) is 0 Å². The van der Waals surface area contributed by atoms with E-state index in [2.05, 4.69) is 4.99 Å². The molecule has 0 aromatic heterocycles. The number of nitrogens with two attached hydrogens (primary N) is 1. The minimum Gasteiger partial charge on any atom is -0.366 e. The maximum atomic E-state index is 10.6. The van der Waals surface area contributed by atoms with Gasteiger partial charge < -0.3 is 5.73 Å². The maximum absolute atomic E-state index is 10.6. The molecule has 0 aliphatic carbocycles. The first-order valence-corrected chi connectivity index (χ1v) is 3.17. The summed E-state index contributed by atoms with van der Waals surface area (Å²) >= 11 is 0. The first kappa shape index (κ1) is 7.47. The highest BCUT2D eigenvalue weighted by Crippen LogP contribution is 1.97. The molecule has 1 aliphatic rings. The Hall–Kier alpha value is -1.64. The lowest BCUT2D eigenvalue weighted by Crippen LogP contribution is -2.12. The molecule has 0 spiro atoms. The van der Waals surface area contributed by atoms with Crippen molar-refractivity contribution in [3.05, 3.63) is 36.1 Å². The number of rotatable bonds is 1. The minimum absolute atomic E-state index is 0.429. The van der Waals surface area contributed by atoms with Crippen LogP contribution in [0.1, 0.15) is 0 Å². The number of carbonyl (C=O) groups is 1. The summed E-state index contributed by atoms with van der Waals surface area (Å²) in [5, 5.41) is 0. The van der Waals surface area contributed by atoms with Crippen LogP contribution in [0.2, 0.25) is 0 Å². The second kappa shape index (κ2) is 3.51. The van der Waals surface area contributed by atoms with E-state index in [4.69, 9.17) is 5.73 Å². The van der Waals surface area contributed by atoms with Crippen molar-refractivity contribution in [2.45, 2.75) is 0 Å². The van der Waals surface area contributed by atoms with Gasteiger partial charge in [0.25, 0.3) is 0 Å². The van der Waals surface area contributed by atoms with E-state index in [1.54, 1.807) is 36.7 Å². The third-order valence-electron chi connectivity index (χ3n) is 1.18. The second-order valence-electron chi connectivity index (χ2n) is 1.99. The van der Waals surface area contributed by atoms with Crippen molar-refractivity contribution in [3.8, 4) is 0 Å². The monoisotopic (exact) mass is 148 g/mol. The van der Waals surface area contributed by atoms with Crippen LogP contribution in [0.4, 0.5) is 0 Å². The average molecular weight is 148 g/mol. The van der Waals surface area contributed by atoms with E-state index in [1.807, 2.05) is 0 Å². The van der Waals surface area contributed by atoms with Crippen LogP contribution in [0.15, 0.2) is 41.1 Å². The first-order chi connectivity index (χ1) is 5.30. The van der Waals surface area contributed by atoms with E-state index in [9.17, 15) is 4.79 Å². The van der Waals surface area contributed by atoms with Gasteiger partial charge in [0.15, 0.2) is 0 Å². The van der Waals surface area contributed by atoms with E-state index in [0.29, 0.717) is 5.57 Å². The van der Waals surface area contributed by atoms with E-state index in [1.165, 1.54) is 0 Å². The number of hydrogen-bond donors (Lipinski definition) is 1. The molecule has 1 amide bonds. The molecule has 2 N–H and O–H groups in total. The Kier molecular flexibility index (Phi) is 2.38. The molecule has 3 nitrogen and oxygen atoms in total. The molecule has 1 aliphatic heterocycles. The zero-order chi connectivity index (χ0) is 8.10. The van der Waals surface area contributed by atoms with Crippen molar-refractivity contribution in [2.24, 2.45) is 10.7 Å². The molecule has 56 valence electrons. The van der Waals surface area contributed by atoms with E-state index < -0.39 is 5.91 Å². The molecule has 0 aromatic rings. The number of amides is 1. The van der Waals surface area contributed by atoms with Crippen LogP contribution in [-0.4, -0.2) is 12.1 Å². The minimum atomic E-state index is -0.429. The number of hydrogen-bond acceptors (Lipinski definition) is 2. The Morgan fingerprint density at radius 1 is 1.45 bits per heavy atom. The Bertz CT molecular complexity index is 272. The van der Waals surface area contributed by atoms with Crippen molar-refractivity contribution in [3.63, 3.8) is 0 Å². The van der Waals surface area contributed by atoms with Crippen LogP contribution in [0.3, 0.4) is 0 Å². The van der Waals surface area contributed by atoms with Crippen molar-refractivity contribution < 1.29 is 4.79 Å². The molecular weight excluding hydrogens is 140 g/mol. The molecule has 0 bridgehead atoms. The Morgan fingerprint density at radius 2 is 2.27 bits per heavy atom. The third kappa shape index (κ3) is 2.21. The highest BCUT2D eigenvalue weighted by Gasteiger charge is 1.97. The average Bonchev–Trinajstić information content (AvgIpc) is 1.84. The SMILES string of the molecule is NC(=O)C1=C/C=C\N=C/C=C\1. The standard InChI is InChI=1S/C8H8N2O/c9-8(11)7-3-1-5-10-6-2-4-7/h1-6H,(H2,9,11)/b3-1-,4-2?,5-1?,6-2-,7-3?,7-4+,10-5-,10-6?. The largest absolute Gasteiger partial charge is 0.366 e. The van der Waals surface area contributed by atoms with Crippen molar-refractivity contribution >= 4 is 12.1 Å². The van der Waals surface area contributed by atoms with E-state index in [-0.39, 0.29) is 0 Å². The van der Waals surface area contributed by atoms with Crippen LogP contribution in [-0.2, 0) is 4.79 Å². The summed E-state index contributed by atoms with van der Waals surface area (Å²) in [6, 6.07) is 0. The zero-order valence-electron chi connectivity index (χ0n) is 5.90. The quantitative estimate of drug-likeness (QED) is 0.580. The molecule has 0 radical (unpaired) electrons. The molecule has 0 saturated heterocycles. The fraction of sp³-hybridized carbons (Fsp3) is 0. The fourth-order valence-electron chi connectivity index (χ4n) is 0.662. The predicted octanol–water partition coefficient (Wildman–Crippen LogP) is 0.552. The second-order valence-corrected chi connectivity index (χ2v) is 1.99. The molecule has 11 heavy (non-hydrogen) atoms. The molecule has 3 heteroatoms. The number of aliphatic imine (C=N–C) groups is 1. The molecule has 0 saturated carbocycles. The van der Waals surface area contributed by atoms with Crippen LogP contribution in [0.5, 0.6) is 0 Å². The van der Waals surface area contributed by atoms with Gasteiger partial charge in [-0.3, -0.25) is 9.79 Å². The number of nitrogens with zero attached hydrogens (tertiary/aromatic N) is 1. The van der Waals surface area contributed by atoms with Gasteiger partial charge in [-0.1, -0.05) is 0 Å². The lowest BCUT2D eigenvalue weighted by molar-refractivity contribution is -0.114. The number of primary amides is 1. The van der Waals surface area contributed by atoms with Gasteiger partial charge in [0.1, 0.15) is 0 Å². The highest BCUT2D eigenvalue weighted by molar-refractivity contribution is 5.96. The van der Waals surface area contributed by atoms with E-state index in [0.717, 1.165) is 0 Å². The highest BCUT2D eigenvalue weighted by atomic mass is 16.1. The summed E-state index contributed by atoms with van der Waals surface area (Å²) in [7, 11) is 0. The van der Waals surface area contributed by atoms with Crippen molar-refractivity contribution in [1.29, 1.82) is 0 Å². The summed E-state index contributed by atoms with van der Waals surface area (Å²) in [4.78, 5) is 14.5. The number of carbonyl (C=O) groups excluding carboxylic acids is 1. The fourth-order valence-corrected chi connectivity index (χ4v) is 0.662. The normalized spacial score (nSPS) is 28.9. The molecule has 1 rings (SSSR count). The van der Waals surface area contributed by atoms with Crippen molar-refractivity contribution in [2.75, 3.05) is 0 Å². The summed E-state index contributed by atoms with van der Waals surface area (Å²) in [6.45, 7) is 0. The maximum Gasteiger partial charge on any atom is 0.248 e. The molecule has 0 unspecified atom stereocenters. The molecular formula is C8H8N2O. The summed E-state index contributed by atoms with van der Waals surface area (Å²) in [5.41, 5.74) is 5.53. The van der Waals surface area contributed by atoms with Gasteiger partial charge in [-0.25, -0.2) is 0 Å². The van der Waals surface area contributed by atoms with Gasteiger partial charge in [-0.05, 0) is 24.3 Å². The van der Waals surface area contributed by atoms with Crippen LogP contribution < -0.4 is 5.73 Å². The topological polar surface area (TPSA) is 55.5 Å². The van der Waals surface area contributed by atoms with Gasteiger partial charge in [0.2, 0.25) is 5.91 Å². The van der Waals surface area contributed by atoms with Crippen molar-refractivity contribution in [1.82, 2.24) is 0 Å². The molecule has 0 fully saturated rings.